The Hall–Kier alpha value is -1.17. The second kappa shape index (κ2) is 5.22. The maximum atomic E-state index is 5.36. The van der Waals surface area contributed by atoms with Crippen molar-refractivity contribution in [3.05, 3.63) is 39.4 Å². The summed E-state index contributed by atoms with van der Waals surface area (Å²) in [6, 6.07) is 4.28. The Balaban J connectivity index is 1.63. The minimum absolute atomic E-state index is 0.762. The lowest BCUT2D eigenvalue weighted by atomic mass is 10.1. The Morgan fingerprint density at radius 3 is 3.39 bits per heavy atom. The van der Waals surface area contributed by atoms with Gasteiger partial charge in [0.1, 0.15) is 0 Å². The zero-order chi connectivity index (χ0) is 12.4. The van der Waals surface area contributed by atoms with Gasteiger partial charge in [0.25, 0.3) is 0 Å². The summed E-state index contributed by atoms with van der Waals surface area (Å²) in [5.41, 5.74) is 2.45. The summed E-state index contributed by atoms with van der Waals surface area (Å²) < 4.78 is 5.36. The highest BCUT2D eigenvalue weighted by Gasteiger charge is 2.18. The standard InChI is InChI=1S/C13H17N3OS/c1-14-7-11-6-12(17-15-11)9-16-4-2-13-10(8-16)3-5-18-13/h3,5-6,14H,2,4,7-9H2,1H3. The van der Waals surface area contributed by atoms with Crippen LogP contribution in [0.1, 0.15) is 21.9 Å². The quantitative estimate of drug-likeness (QED) is 0.916. The van der Waals surface area contributed by atoms with Crippen molar-refractivity contribution < 1.29 is 4.52 Å². The molecule has 0 bridgehead atoms. The van der Waals surface area contributed by atoms with E-state index in [-0.39, 0.29) is 0 Å². The lowest BCUT2D eigenvalue weighted by Gasteiger charge is -2.25. The number of nitrogens with one attached hydrogen (secondary N) is 1. The van der Waals surface area contributed by atoms with E-state index in [1.807, 2.05) is 24.5 Å². The molecule has 96 valence electrons. The highest BCUT2D eigenvalue weighted by atomic mass is 32.1. The molecule has 0 atom stereocenters. The van der Waals surface area contributed by atoms with Crippen molar-refractivity contribution in [1.82, 2.24) is 15.4 Å². The molecule has 0 aromatic carbocycles. The molecule has 2 aromatic heterocycles. The molecule has 3 heterocycles. The highest BCUT2D eigenvalue weighted by Crippen LogP contribution is 2.25. The van der Waals surface area contributed by atoms with Crippen molar-refractivity contribution in [2.45, 2.75) is 26.1 Å². The number of rotatable bonds is 4. The fourth-order valence-electron chi connectivity index (χ4n) is 2.36. The SMILES string of the molecule is CNCc1cc(CN2CCc3sccc3C2)on1. The Morgan fingerprint density at radius 2 is 2.50 bits per heavy atom. The zero-order valence-electron chi connectivity index (χ0n) is 10.5. The summed E-state index contributed by atoms with van der Waals surface area (Å²) >= 11 is 1.87. The molecule has 0 radical (unpaired) electrons. The molecule has 0 aliphatic carbocycles. The van der Waals surface area contributed by atoms with Gasteiger partial charge in [-0.05, 0) is 30.5 Å². The third-order valence-electron chi connectivity index (χ3n) is 3.23. The van der Waals surface area contributed by atoms with E-state index in [1.165, 1.54) is 5.56 Å². The van der Waals surface area contributed by atoms with Crippen molar-refractivity contribution >= 4 is 11.3 Å². The van der Waals surface area contributed by atoms with Crippen LogP contribution in [0.3, 0.4) is 0 Å². The van der Waals surface area contributed by atoms with Crippen LogP contribution in [-0.4, -0.2) is 23.6 Å². The Morgan fingerprint density at radius 1 is 1.56 bits per heavy atom. The number of hydrogen-bond donors (Lipinski definition) is 1. The molecule has 0 fully saturated rings. The summed E-state index contributed by atoms with van der Waals surface area (Å²) in [5, 5.41) is 9.31. The topological polar surface area (TPSA) is 41.3 Å². The molecule has 1 N–H and O–H groups in total. The largest absolute Gasteiger partial charge is 0.360 e. The van der Waals surface area contributed by atoms with E-state index in [0.29, 0.717) is 0 Å². The van der Waals surface area contributed by atoms with Crippen LogP contribution in [0.4, 0.5) is 0 Å². The van der Waals surface area contributed by atoms with Gasteiger partial charge in [0, 0.05) is 30.6 Å². The van der Waals surface area contributed by atoms with Gasteiger partial charge < -0.3 is 9.84 Å². The first-order chi connectivity index (χ1) is 8.85. The molecular formula is C13H17N3OS. The fraction of sp³-hybridized carbons (Fsp3) is 0.462. The number of fused-ring (bicyclic) bond motifs is 1. The van der Waals surface area contributed by atoms with Crippen LogP contribution >= 0.6 is 11.3 Å². The summed E-state index contributed by atoms with van der Waals surface area (Å²) in [6.07, 6.45) is 1.16. The molecule has 0 spiro atoms. The van der Waals surface area contributed by atoms with E-state index >= 15 is 0 Å². The summed E-state index contributed by atoms with van der Waals surface area (Å²) in [5.74, 6) is 0.957. The van der Waals surface area contributed by atoms with Gasteiger partial charge in [-0.3, -0.25) is 4.90 Å². The Labute approximate surface area is 111 Å². The second-order valence-corrected chi connectivity index (χ2v) is 5.65. The summed E-state index contributed by atoms with van der Waals surface area (Å²) in [6.45, 7) is 3.75. The molecule has 4 nitrogen and oxygen atoms in total. The minimum Gasteiger partial charge on any atom is -0.360 e. The van der Waals surface area contributed by atoms with Crippen LogP contribution in [0.25, 0.3) is 0 Å². The summed E-state index contributed by atoms with van der Waals surface area (Å²) in [7, 11) is 1.91. The number of thiophene rings is 1. The van der Waals surface area contributed by atoms with Crippen molar-refractivity contribution in [3.8, 4) is 0 Å². The van der Waals surface area contributed by atoms with Crippen LogP contribution in [0.15, 0.2) is 22.0 Å². The van der Waals surface area contributed by atoms with Crippen molar-refractivity contribution in [2.75, 3.05) is 13.6 Å². The summed E-state index contributed by atoms with van der Waals surface area (Å²) in [4.78, 5) is 3.96. The van der Waals surface area contributed by atoms with Gasteiger partial charge in [0.05, 0.1) is 12.2 Å². The highest BCUT2D eigenvalue weighted by molar-refractivity contribution is 7.10. The van der Waals surface area contributed by atoms with Crippen molar-refractivity contribution in [1.29, 1.82) is 0 Å². The van der Waals surface area contributed by atoms with E-state index in [1.54, 1.807) is 4.88 Å². The lowest BCUT2D eigenvalue weighted by Crippen LogP contribution is -2.28. The normalized spacial score (nSPS) is 15.8. The maximum absolute atomic E-state index is 5.36. The average Bonchev–Trinajstić information content (AvgIpc) is 2.98. The van der Waals surface area contributed by atoms with E-state index in [2.05, 4.69) is 26.8 Å². The maximum Gasteiger partial charge on any atom is 0.151 e. The molecule has 0 unspecified atom stereocenters. The first kappa shape index (κ1) is 11.9. The lowest BCUT2D eigenvalue weighted by molar-refractivity contribution is 0.216. The van der Waals surface area contributed by atoms with Gasteiger partial charge in [-0.25, -0.2) is 0 Å². The van der Waals surface area contributed by atoms with E-state index in [0.717, 1.165) is 44.1 Å². The van der Waals surface area contributed by atoms with Gasteiger partial charge in [-0.15, -0.1) is 11.3 Å². The van der Waals surface area contributed by atoms with Crippen LogP contribution in [-0.2, 0) is 26.1 Å². The van der Waals surface area contributed by atoms with Crippen molar-refractivity contribution in [3.63, 3.8) is 0 Å². The van der Waals surface area contributed by atoms with E-state index in [9.17, 15) is 0 Å². The predicted octanol–water partition coefficient (Wildman–Crippen LogP) is 2.01. The monoisotopic (exact) mass is 263 g/mol. The van der Waals surface area contributed by atoms with E-state index < -0.39 is 0 Å². The van der Waals surface area contributed by atoms with Gasteiger partial charge in [0.2, 0.25) is 0 Å². The molecule has 1 aliphatic heterocycles. The molecule has 2 aromatic rings. The average molecular weight is 263 g/mol. The molecule has 5 heteroatoms. The number of aromatic nitrogens is 1. The van der Waals surface area contributed by atoms with Gasteiger partial charge in [-0.2, -0.15) is 0 Å². The smallest absolute Gasteiger partial charge is 0.151 e. The first-order valence-electron chi connectivity index (χ1n) is 6.22. The minimum atomic E-state index is 0.762. The molecule has 1 aliphatic rings. The van der Waals surface area contributed by atoms with Gasteiger partial charge in [0.15, 0.2) is 5.76 Å². The first-order valence-corrected chi connectivity index (χ1v) is 7.10. The molecule has 0 saturated heterocycles. The van der Waals surface area contributed by atoms with Crippen LogP contribution < -0.4 is 5.32 Å². The van der Waals surface area contributed by atoms with Crippen LogP contribution in [0.2, 0.25) is 0 Å². The zero-order valence-corrected chi connectivity index (χ0v) is 11.3. The number of nitrogens with zero attached hydrogens (tertiary/aromatic N) is 2. The third kappa shape index (κ3) is 2.48. The third-order valence-corrected chi connectivity index (χ3v) is 4.25. The van der Waals surface area contributed by atoms with Crippen molar-refractivity contribution in [2.24, 2.45) is 0 Å². The second-order valence-electron chi connectivity index (χ2n) is 4.64. The predicted molar refractivity (Wildman–Crippen MR) is 71.4 cm³/mol. The van der Waals surface area contributed by atoms with Crippen LogP contribution in [0.5, 0.6) is 0 Å². The fourth-order valence-corrected chi connectivity index (χ4v) is 3.25. The molecule has 3 rings (SSSR count). The molecule has 0 amide bonds. The molecular weight excluding hydrogens is 246 g/mol. The molecule has 18 heavy (non-hydrogen) atoms. The van der Waals surface area contributed by atoms with E-state index in [4.69, 9.17) is 4.52 Å². The Bertz CT molecular complexity index is 520. The van der Waals surface area contributed by atoms with Gasteiger partial charge >= 0.3 is 0 Å². The molecule has 0 saturated carbocycles. The van der Waals surface area contributed by atoms with Crippen LogP contribution in [0, 0.1) is 0 Å². The number of hydrogen-bond acceptors (Lipinski definition) is 5. The van der Waals surface area contributed by atoms with Gasteiger partial charge in [-0.1, -0.05) is 5.16 Å². The Kier molecular flexibility index (Phi) is 3.45.